The molecule has 0 aromatic heterocycles. The lowest BCUT2D eigenvalue weighted by molar-refractivity contribution is -0.118. The van der Waals surface area contributed by atoms with Gasteiger partial charge in [-0.3, -0.25) is 19.6 Å². The van der Waals surface area contributed by atoms with Crippen LogP contribution in [-0.2, 0) is 4.79 Å². The molecular formula is C20H26N2O3S2. The molecule has 146 valence electrons. The Labute approximate surface area is 169 Å². The normalized spacial score (nSPS) is 20.9. The molecule has 1 saturated heterocycles. The van der Waals surface area contributed by atoms with Crippen LogP contribution >= 0.6 is 23.7 Å². The second kappa shape index (κ2) is 10.2. The summed E-state index contributed by atoms with van der Waals surface area (Å²) in [7, 11) is 0. The highest BCUT2D eigenvalue weighted by atomic mass is 32.2. The third-order valence-corrected chi connectivity index (χ3v) is 6.44. The van der Waals surface area contributed by atoms with Gasteiger partial charge < -0.3 is 4.74 Å². The molecule has 1 aromatic rings. The van der Waals surface area contributed by atoms with Crippen molar-refractivity contribution in [1.29, 1.82) is 0 Å². The standard InChI is InChI=1S/C20H26N2O3S2/c1-14(16-6-5-7-17(12-16)25-13-15-9-10-15)22-26-11-4-2-3-8-18-19(23)21-20(24)27-18/h2-3,5-7,12,14-15,18,22H,4,8-11,13H2,1H3,(H,21,23,24)/b3-2+/t14-,18?/m1/s1. The smallest absolute Gasteiger partial charge is 0.286 e. The van der Waals surface area contributed by atoms with Crippen molar-refractivity contribution in [1.82, 2.24) is 10.0 Å². The molecule has 2 fully saturated rings. The van der Waals surface area contributed by atoms with E-state index in [0.29, 0.717) is 6.42 Å². The first kappa shape index (κ1) is 20.3. The molecule has 0 radical (unpaired) electrons. The van der Waals surface area contributed by atoms with Crippen LogP contribution in [-0.4, -0.2) is 28.8 Å². The number of hydrogen-bond acceptors (Lipinski definition) is 6. The van der Waals surface area contributed by atoms with Gasteiger partial charge in [0, 0.05) is 11.8 Å². The van der Waals surface area contributed by atoms with E-state index in [1.807, 2.05) is 18.2 Å². The van der Waals surface area contributed by atoms with Gasteiger partial charge in [-0.1, -0.05) is 48.0 Å². The van der Waals surface area contributed by atoms with Crippen LogP contribution in [0.4, 0.5) is 4.79 Å². The average Bonchev–Trinajstić information content (AvgIpc) is 3.43. The Morgan fingerprint density at radius 3 is 2.96 bits per heavy atom. The number of rotatable bonds is 11. The lowest BCUT2D eigenvalue weighted by Gasteiger charge is -2.14. The van der Waals surface area contributed by atoms with Crippen LogP contribution in [0.3, 0.4) is 0 Å². The Balaban J connectivity index is 1.30. The topological polar surface area (TPSA) is 67.4 Å². The second-order valence-corrected chi connectivity index (χ2v) is 9.00. The van der Waals surface area contributed by atoms with Crippen LogP contribution in [0.2, 0.25) is 0 Å². The van der Waals surface area contributed by atoms with Crippen LogP contribution in [0.1, 0.15) is 44.2 Å². The Kier molecular flexibility index (Phi) is 7.67. The van der Waals surface area contributed by atoms with Crippen LogP contribution in [0.15, 0.2) is 36.4 Å². The predicted molar refractivity (Wildman–Crippen MR) is 112 cm³/mol. The fourth-order valence-corrected chi connectivity index (χ4v) is 4.19. The molecule has 1 aliphatic heterocycles. The molecule has 2 aliphatic rings. The summed E-state index contributed by atoms with van der Waals surface area (Å²) in [6.07, 6.45) is 8.18. The van der Waals surface area contributed by atoms with Crippen molar-refractivity contribution in [3.63, 3.8) is 0 Å². The number of benzene rings is 1. The van der Waals surface area contributed by atoms with Gasteiger partial charge in [-0.25, -0.2) is 0 Å². The number of thioether (sulfide) groups is 1. The van der Waals surface area contributed by atoms with Gasteiger partial charge in [-0.05, 0) is 56.2 Å². The number of carbonyl (C=O) groups excluding carboxylic acids is 2. The largest absolute Gasteiger partial charge is 0.493 e. The first-order chi connectivity index (χ1) is 13.1. The SMILES string of the molecule is C[C@@H](NSCC/C=C/CC1SC(=O)NC1=O)c1cccc(OCC2CC2)c1. The van der Waals surface area contributed by atoms with Crippen molar-refractivity contribution < 1.29 is 14.3 Å². The molecule has 2 amide bonds. The van der Waals surface area contributed by atoms with Crippen molar-refractivity contribution in [3.8, 4) is 5.75 Å². The highest BCUT2D eigenvalue weighted by Crippen LogP contribution is 2.30. The van der Waals surface area contributed by atoms with E-state index in [9.17, 15) is 9.59 Å². The molecule has 1 saturated carbocycles. The maximum atomic E-state index is 11.5. The van der Waals surface area contributed by atoms with Gasteiger partial charge >= 0.3 is 0 Å². The summed E-state index contributed by atoms with van der Waals surface area (Å²) >= 11 is 2.77. The number of nitrogens with one attached hydrogen (secondary N) is 2. The first-order valence-electron chi connectivity index (χ1n) is 9.38. The molecule has 3 rings (SSSR count). The summed E-state index contributed by atoms with van der Waals surface area (Å²) in [6.45, 7) is 2.98. The van der Waals surface area contributed by atoms with E-state index in [4.69, 9.17) is 4.74 Å². The molecule has 27 heavy (non-hydrogen) atoms. The lowest BCUT2D eigenvalue weighted by atomic mass is 10.1. The summed E-state index contributed by atoms with van der Waals surface area (Å²) in [5, 5.41) is 1.79. The van der Waals surface area contributed by atoms with Crippen molar-refractivity contribution >= 4 is 34.9 Å². The molecule has 5 nitrogen and oxygen atoms in total. The quantitative estimate of drug-likeness (QED) is 0.321. The van der Waals surface area contributed by atoms with Crippen molar-refractivity contribution in [3.05, 3.63) is 42.0 Å². The van der Waals surface area contributed by atoms with E-state index >= 15 is 0 Å². The molecule has 1 heterocycles. The van der Waals surface area contributed by atoms with Gasteiger partial charge in [-0.2, -0.15) is 0 Å². The molecule has 2 N–H and O–H groups in total. The molecule has 0 spiro atoms. The van der Waals surface area contributed by atoms with Crippen LogP contribution in [0.5, 0.6) is 5.75 Å². The maximum absolute atomic E-state index is 11.5. The van der Waals surface area contributed by atoms with Crippen molar-refractivity contribution in [2.75, 3.05) is 12.4 Å². The first-order valence-corrected chi connectivity index (χ1v) is 11.2. The minimum atomic E-state index is -0.269. The van der Waals surface area contributed by atoms with E-state index < -0.39 is 0 Å². The van der Waals surface area contributed by atoms with Gasteiger partial charge in [-0.15, -0.1) is 0 Å². The zero-order chi connectivity index (χ0) is 19.1. The minimum Gasteiger partial charge on any atom is -0.493 e. The van der Waals surface area contributed by atoms with E-state index in [2.05, 4.69) is 35.2 Å². The van der Waals surface area contributed by atoms with E-state index in [1.54, 1.807) is 11.9 Å². The minimum absolute atomic E-state index is 0.178. The second-order valence-electron chi connectivity index (χ2n) is 6.89. The molecule has 2 atom stereocenters. The molecule has 0 bridgehead atoms. The van der Waals surface area contributed by atoms with Gasteiger partial charge in [0.25, 0.3) is 5.24 Å². The number of ether oxygens (including phenoxy) is 1. The van der Waals surface area contributed by atoms with Gasteiger partial charge in [0.15, 0.2) is 0 Å². The zero-order valence-electron chi connectivity index (χ0n) is 15.5. The molecule has 1 aliphatic carbocycles. The summed E-state index contributed by atoms with van der Waals surface area (Å²) in [6, 6.07) is 8.55. The van der Waals surface area contributed by atoms with Gasteiger partial charge in [0.05, 0.1) is 11.9 Å². The summed E-state index contributed by atoms with van der Waals surface area (Å²) in [5.74, 6) is 2.48. The number of carbonyl (C=O) groups is 2. The molecular weight excluding hydrogens is 380 g/mol. The highest BCUT2D eigenvalue weighted by Gasteiger charge is 2.30. The Bertz CT molecular complexity index is 692. The summed E-state index contributed by atoms with van der Waals surface area (Å²) in [5.41, 5.74) is 1.22. The number of imide groups is 1. The Morgan fingerprint density at radius 1 is 1.37 bits per heavy atom. The maximum Gasteiger partial charge on any atom is 0.286 e. The van der Waals surface area contributed by atoms with E-state index in [-0.39, 0.29) is 22.4 Å². The number of allylic oxidation sites excluding steroid dienone is 2. The molecule has 7 heteroatoms. The molecule has 1 aromatic carbocycles. The number of hydrogen-bond donors (Lipinski definition) is 2. The van der Waals surface area contributed by atoms with Crippen molar-refractivity contribution in [2.45, 2.75) is 43.9 Å². The summed E-state index contributed by atoms with van der Waals surface area (Å²) in [4.78, 5) is 22.5. The average molecular weight is 407 g/mol. The van der Waals surface area contributed by atoms with E-state index in [0.717, 1.165) is 42.2 Å². The lowest BCUT2D eigenvalue weighted by Crippen LogP contribution is -2.23. The third kappa shape index (κ3) is 6.90. The Morgan fingerprint density at radius 2 is 2.22 bits per heavy atom. The van der Waals surface area contributed by atoms with Crippen molar-refractivity contribution in [2.24, 2.45) is 5.92 Å². The van der Waals surface area contributed by atoms with E-state index in [1.165, 1.54) is 18.4 Å². The van der Waals surface area contributed by atoms with Gasteiger partial charge in [0.1, 0.15) is 5.75 Å². The monoisotopic (exact) mass is 406 g/mol. The van der Waals surface area contributed by atoms with Crippen LogP contribution in [0.25, 0.3) is 0 Å². The molecule has 1 unspecified atom stereocenters. The zero-order valence-corrected chi connectivity index (χ0v) is 17.1. The Hall–Kier alpha value is -1.44. The summed E-state index contributed by atoms with van der Waals surface area (Å²) < 4.78 is 9.31. The van der Waals surface area contributed by atoms with Gasteiger partial charge in [0.2, 0.25) is 5.91 Å². The fraction of sp³-hybridized carbons (Fsp3) is 0.500. The predicted octanol–water partition coefficient (Wildman–Crippen LogP) is 4.46. The van der Waals surface area contributed by atoms with Crippen LogP contribution in [0, 0.1) is 5.92 Å². The van der Waals surface area contributed by atoms with Crippen LogP contribution < -0.4 is 14.8 Å². The fourth-order valence-electron chi connectivity index (χ4n) is 2.64. The third-order valence-electron chi connectivity index (χ3n) is 4.47. The number of amides is 2. The highest BCUT2D eigenvalue weighted by molar-refractivity contribution is 8.15.